The average molecular weight is 325 g/mol. The van der Waals surface area contributed by atoms with Gasteiger partial charge in [-0.15, -0.1) is 5.10 Å². The molecular formula is C17H13ClN4O. The van der Waals surface area contributed by atoms with Crippen LogP contribution in [0.5, 0.6) is 5.75 Å². The van der Waals surface area contributed by atoms with Crippen LogP contribution in [0.3, 0.4) is 0 Å². The highest BCUT2D eigenvalue weighted by Gasteiger charge is 2.23. The first kappa shape index (κ1) is 14.0. The van der Waals surface area contributed by atoms with Gasteiger partial charge in [0.25, 0.3) is 0 Å². The van der Waals surface area contributed by atoms with Gasteiger partial charge in [0.15, 0.2) is 0 Å². The Morgan fingerprint density at radius 3 is 2.91 bits per heavy atom. The molecule has 2 heterocycles. The summed E-state index contributed by atoms with van der Waals surface area (Å²) in [6, 6.07) is 5.38. The number of fused-ring (bicyclic) bond motifs is 1. The smallest absolute Gasteiger partial charge is 0.135 e. The lowest BCUT2D eigenvalue weighted by Gasteiger charge is -2.01. The van der Waals surface area contributed by atoms with Gasteiger partial charge >= 0.3 is 0 Å². The van der Waals surface area contributed by atoms with Crippen LogP contribution in [0.1, 0.15) is 24.0 Å². The highest BCUT2D eigenvalue weighted by Crippen LogP contribution is 2.32. The quantitative estimate of drug-likeness (QED) is 0.736. The SMILES string of the molecule is Oc1cncc(C#Cc2ccc3c(nnn3CC3CC3)c2Cl)c1. The summed E-state index contributed by atoms with van der Waals surface area (Å²) >= 11 is 6.42. The summed E-state index contributed by atoms with van der Waals surface area (Å²) in [5.41, 5.74) is 2.92. The molecule has 0 unspecified atom stereocenters. The molecule has 2 aromatic heterocycles. The summed E-state index contributed by atoms with van der Waals surface area (Å²) in [6.07, 6.45) is 5.47. The van der Waals surface area contributed by atoms with Gasteiger partial charge in [0.2, 0.25) is 0 Å². The molecule has 6 heteroatoms. The molecule has 1 aliphatic rings. The van der Waals surface area contributed by atoms with Crippen molar-refractivity contribution in [2.45, 2.75) is 19.4 Å². The van der Waals surface area contributed by atoms with Crippen molar-refractivity contribution >= 4 is 22.6 Å². The largest absolute Gasteiger partial charge is 0.506 e. The number of aromatic nitrogens is 4. The third kappa shape index (κ3) is 2.86. The number of hydrogen-bond donors (Lipinski definition) is 1. The Morgan fingerprint density at radius 2 is 2.13 bits per heavy atom. The summed E-state index contributed by atoms with van der Waals surface area (Å²) in [7, 11) is 0. The van der Waals surface area contributed by atoms with E-state index < -0.39 is 0 Å². The van der Waals surface area contributed by atoms with E-state index in [1.165, 1.54) is 19.0 Å². The summed E-state index contributed by atoms with van der Waals surface area (Å²) in [4.78, 5) is 3.89. The second-order valence-electron chi connectivity index (χ2n) is 5.69. The number of benzene rings is 1. The van der Waals surface area contributed by atoms with Gasteiger partial charge in [-0.1, -0.05) is 28.7 Å². The van der Waals surface area contributed by atoms with Crippen LogP contribution in [0.15, 0.2) is 30.6 Å². The average Bonchev–Trinajstić information content (AvgIpc) is 3.26. The Labute approximate surface area is 137 Å². The summed E-state index contributed by atoms with van der Waals surface area (Å²) < 4.78 is 1.91. The highest BCUT2D eigenvalue weighted by atomic mass is 35.5. The van der Waals surface area contributed by atoms with E-state index in [1.807, 2.05) is 16.8 Å². The molecule has 4 rings (SSSR count). The van der Waals surface area contributed by atoms with E-state index in [2.05, 4.69) is 27.1 Å². The van der Waals surface area contributed by atoms with Gasteiger partial charge in [-0.05, 0) is 37.0 Å². The Bertz CT molecular complexity index is 950. The fourth-order valence-electron chi connectivity index (χ4n) is 2.42. The second-order valence-corrected chi connectivity index (χ2v) is 6.07. The number of aromatic hydroxyl groups is 1. The molecule has 0 aliphatic heterocycles. The van der Waals surface area contributed by atoms with E-state index in [0.29, 0.717) is 21.7 Å². The molecule has 23 heavy (non-hydrogen) atoms. The van der Waals surface area contributed by atoms with E-state index in [0.717, 1.165) is 18.0 Å². The topological polar surface area (TPSA) is 63.8 Å². The van der Waals surface area contributed by atoms with E-state index >= 15 is 0 Å². The standard InChI is InChI=1S/C17H13ClN4O/c18-16-13(4-3-12-7-14(23)9-19-8-12)5-6-15-17(16)20-21-22(15)10-11-1-2-11/h5-9,11,23H,1-2,10H2. The van der Waals surface area contributed by atoms with Gasteiger partial charge in [-0.3, -0.25) is 4.98 Å². The number of halogens is 1. The lowest BCUT2D eigenvalue weighted by atomic mass is 10.2. The van der Waals surface area contributed by atoms with Gasteiger partial charge in [-0.2, -0.15) is 0 Å². The molecule has 0 radical (unpaired) electrons. The number of rotatable bonds is 2. The molecule has 0 amide bonds. The zero-order chi connectivity index (χ0) is 15.8. The van der Waals surface area contributed by atoms with E-state index in [1.54, 1.807) is 12.3 Å². The minimum Gasteiger partial charge on any atom is -0.506 e. The van der Waals surface area contributed by atoms with Crippen LogP contribution in [0.4, 0.5) is 0 Å². The lowest BCUT2D eigenvalue weighted by molar-refractivity contribution is 0.472. The summed E-state index contributed by atoms with van der Waals surface area (Å²) in [5.74, 6) is 6.75. The minimum absolute atomic E-state index is 0.0846. The molecule has 5 nitrogen and oxygen atoms in total. The highest BCUT2D eigenvalue weighted by molar-refractivity contribution is 6.36. The van der Waals surface area contributed by atoms with Crippen molar-refractivity contribution in [3.05, 3.63) is 46.7 Å². The van der Waals surface area contributed by atoms with Crippen molar-refractivity contribution in [3.63, 3.8) is 0 Å². The molecule has 0 atom stereocenters. The van der Waals surface area contributed by atoms with E-state index in [4.69, 9.17) is 11.6 Å². The molecule has 0 spiro atoms. The van der Waals surface area contributed by atoms with E-state index in [-0.39, 0.29) is 5.75 Å². The molecule has 1 N–H and O–H groups in total. The molecule has 114 valence electrons. The van der Waals surface area contributed by atoms with Gasteiger partial charge in [0.1, 0.15) is 11.3 Å². The van der Waals surface area contributed by atoms with Crippen molar-refractivity contribution < 1.29 is 5.11 Å². The molecule has 0 bridgehead atoms. The fourth-order valence-corrected chi connectivity index (χ4v) is 2.66. The molecule has 1 aromatic carbocycles. The second kappa shape index (κ2) is 5.56. The normalized spacial score (nSPS) is 13.8. The van der Waals surface area contributed by atoms with Crippen molar-refractivity contribution in [1.29, 1.82) is 0 Å². The van der Waals surface area contributed by atoms with Crippen molar-refractivity contribution in [3.8, 4) is 17.6 Å². The number of nitrogens with zero attached hydrogens (tertiary/aromatic N) is 4. The fraction of sp³-hybridized carbons (Fsp3) is 0.235. The number of pyridine rings is 1. The maximum Gasteiger partial charge on any atom is 0.135 e. The molecule has 1 fully saturated rings. The van der Waals surface area contributed by atoms with E-state index in [9.17, 15) is 5.11 Å². The van der Waals surface area contributed by atoms with Crippen molar-refractivity contribution in [1.82, 2.24) is 20.0 Å². The van der Waals surface area contributed by atoms with Crippen LogP contribution in [0.2, 0.25) is 5.02 Å². The van der Waals surface area contributed by atoms with Gasteiger partial charge in [0, 0.05) is 23.9 Å². The van der Waals surface area contributed by atoms with Gasteiger partial charge < -0.3 is 5.11 Å². The van der Waals surface area contributed by atoms with Crippen LogP contribution in [0, 0.1) is 17.8 Å². The third-order valence-corrected chi connectivity index (χ3v) is 4.20. The lowest BCUT2D eigenvalue weighted by Crippen LogP contribution is -2.01. The predicted molar refractivity (Wildman–Crippen MR) is 87.1 cm³/mol. The zero-order valence-electron chi connectivity index (χ0n) is 12.2. The Kier molecular flexibility index (Phi) is 3.40. The summed E-state index contributed by atoms with van der Waals surface area (Å²) in [6.45, 7) is 0.896. The summed E-state index contributed by atoms with van der Waals surface area (Å²) in [5, 5.41) is 18.3. The predicted octanol–water partition coefficient (Wildman–Crippen LogP) is 3.00. The van der Waals surface area contributed by atoms with Crippen LogP contribution >= 0.6 is 11.6 Å². The zero-order valence-corrected chi connectivity index (χ0v) is 13.0. The molecule has 3 aromatic rings. The Morgan fingerprint density at radius 1 is 1.26 bits per heavy atom. The maximum absolute atomic E-state index is 9.41. The van der Waals surface area contributed by atoms with Gasteiger partial charge in [-0.25, -0.2) is 4.68 Å². The first-order valence-corrected chi connectivity index (χ1v) is 7.76. The first-order chi connectivity index (χ1) is 11.2. The Balaban J connectivity index is 1.70. The monoisotopic (exact) mass is 324 g/mol. The van der Waals surface area contributed by atoms with Crippen LogP contribution in [0.25, 0.3) is 11.0 Å². The van der Waals surface area contributed by atoms with Crippen LogP contribution in [-0.4, -0.2) is 25.1 Å². The first-order valence-electron chi connectivity index (χ1n) is 7.38. The molecule has 0 saturated heterocycles. The van der Waals surface area contributed by atoms with Crippen LogP contribution in [-0.2, 0) is 6.54 Å². The molecule has 1 saturated carbocycles. The molecular weight excluding hydrogens is 312 g/mol. The van der Waals surface area contributed by atoms with Crippen molar-refractivity contribution in [2.75, 3.05) is 0 Å². The number of hydrogen-bond acceptors (Lipinski definition) is 4. The Hall–Kier alpha value is -2.58. The molecule has 1 aliphatic carbocycles. The minimum atomic E-state index is 0.0846. The maximum atomic E-state index is 9.41. The van der Waals surface area contributed by atoms with Gasteiger partial charge in [0.05, 0.1) is 16.7 Å². The third-order valence-electron chi connectivity index (χ3n) is 3.82. The van der Waals surface area contributed by atoms with Crippen molar-refractivity contribution in [2.24, 2.45) is 5.92 Å². The van der Waals surface area contributed by atoms with Crippen LogP contribution < -0.4 is 0 Å².